The second-order valence-electron chi connectivity index (χ2n) is 5.71. The molecule has 112 valence electrons. The molecule has 21 heavy (non-hydrogen) atoms. The van der Waals surface area contributed by atoms with Crippen molar-refractivity contribution in [2.45, 2.75) is 44.4 Å². The van der Waals surface area contributed by atoms with Gasteiger partial charge in [-0.1, -0.05) is 0 Å². The summed E-state index contributed by atoms with van der Waals surface area (Å²) in [5.41, 5.74) is 0. The van der Waals surface area contributed by atoms with Crippen molar-refractivity contribution in [2.75, 3.05) is 13.2 Å². The van der Waals surface area contributed by atoms with Gasteiger partial charge in [0.25, 0.3) is 0 Å². The van der Waals surface area contributed by atoms with Gasteiger partial charge in [-0.25, -0.2) is 4.98 Å². The van der Waals surface area contributed by atoms with Crippen molar-refractivity contribution in [1.29, 1.82) is 0 Å². The molecule has 0 spiro atoms. The predicted octanol–water partition coefficient (Wildman–Crippen LogP) is 1.98. The summed E-state index contributed by atoms with van der Waals surface area (Å²) in [6.45, 7) is 4.50. The molecule has 2 aliphatic rings. The maximum Gasteiger partial charge on any atom is 0.220 e. The summed E-state index contributed by atoms with van der Waals surface area (Å²) in [4.78, 5) is 6.89. The molecule has 0 saturated carbocycles. The molecule has 7 heteroatoms. The van der Waals surface area contributed by atoms with E-state index in [0.717, 1.165) is 43.4 Å². The van der Waals surface area contributed by atoms with E-state index < -0.39 is 0 Å². The number of rotatable bonds is 3. The Morgan fingerprint density at radius 2 is 2.38 bits per heavy atom. The van der Waals surface area contributed by atoms with E-state index in [-0.39, 0.29) is 12.0 Å². The molecule has 0 radical (unpaired) electrons. The van der Waals surface area contributed by atoms with Gasteiger partial charge in [0.05, 0.1) is 18.6 Å². The van der Waals surface area contributed by atoms with E-state index in [0.29, 0.717) is 11.9 Å². The largest absolute Gasteiger partial charge is 0.425 e. The lowest BCUT2D eigenvalue weighted by Crippen LogP contribution is -2.48. The molecule has 0 aliphatic carbocycles. The number of hydrogen-bond acceptors (Lipinski definition) is 7. The van der Waals surface area contributed by atoms with E-state index in [1.807, 2.05) is 18.5 Å². The molecule has 3 atom stereocenters. The van der Waals surface area contributed by atoms with E-state index >= 15 is 0 Å². The fraction of sp³-hybridized carbons (Fsp3) is 0.643. The first-order valence-corrected chi connectivity index (χ1v) is 8.21. The molecular formula is C14H18N4O2S. The number of hydrogen-bond donors (Lipinski definition) is 0. The van der Waals surface area contributed by atoms with Crippen LogP contribution in [-0.4, -0.2) is 45.4 Å². The highest BCUT2D eigenvalue weighted by Crippen LogP contribution is 2.36. The number of fused-ring (bicyclic) bond motifs is 1. The molecule has 0 unspecified atom stereocenters. The number of ether oxygens (including phenoxy) is 1. The lowest BCUT2D eigenvalue weighted by atomic mass is 9.90. The highest BCUT2D eigenvalue weighted by atomic mass is 32.1. The number of nitrogens with zero attached hydrogens (tertiary/aromatic N) is 4. The number of thiazole rings is 1. The Kier molecular flexibility index (Phi) is 3.48. The van der Waals surface area contributed by atoms with Gasteiger partial charge in [0.15, 0.2) is 0 Å². The van der Waals surface area contributed by atoms with Crippen LogP contribution in [0.3, 0.4) is 0 Å². The first kappa shape index (κ1) is 13.4. The minimum atomic E-state index is 0.255. The van der Waals surface area contributed by atoms with Gasteiger partial charge in [0, 0.05) is 37.7 Å². The molecule has 2 saturated heterocycles. The Morgan fingerprint density at radius 1 is 1.43 bits per heavy atom. The van der Waals surface area contributed by atoms with Crippen LogP contribution in [0.15, 0.2) is 16.0 Å². The summed E-state index contributed by atoms with van der Waals surface area (Å²) in [7, 11) is 0. The van der Waals surface area contributed by atoms with Gasteiger partial charge >= 0.3 is 0 Å². The number of aryl methyl sites for hydroxylation is 1. The van der Waals surface area contributed by atoms with Crippen molar-refractivity contribution >= 4 is 11.3 Å². The SMILES string of the molecule is Cc1nnc([C@H]2C[C@H]3OCC[C@H]3N(Cc3nccs3)C2)o1. The molecule has 0 aromatic carbocycles. The maximum absolute atomic E-state index is 5.92. The third-order valence-electron chi connectivity index (χ3n) is 4.33. The van der Waals surface area contributed by atoms with Crippen molar-refractivity contribution in [3.8, 4) is 0 Å². The lowest BCUT2D eigenvalue weighted by molar-refractivity contribution is 0.00919. The Bertz CT molecular complexity index is 600. The highest BCUT2D eigenvalue weighted by molar-refractivity contribution is 7.09. The minimum absolute atomic E-state index is 0.255. The smallest absolute Gasteiger partial charge is 0.220 e. The zero-order valence-corrected chi connectivity index (χ0v) is 12.8. The Labute approximate surface area is 127 Å². The third-order valence-corrected chi connectivity index (χ3v) is 5.09. The van der Waals surface area contributed by atoms with Crippen LogP contribution in [0.25, 0.3) is 0 Å². The van der Waals surface area contributed by atoms with Crippen molar-refractivity contribution < 1.29 is 9.15 Å². The Hall–Kier alpha value is -1.31. The molecule has 2 aliphatic heterocycles. The van der Waals surface area contributed by atoms with Crippen LogP contribution >= 0.6 is 11.3 Å². The van der Waals surface area contributed by atoms with Crippen LogP contribution in [0.2, 0.25) is 0 Å². The van der Waals surface area contributed by atoms with Crippen LogP contribution in [0.4, 0.5) is 0 Å². The second kappa shape index (κ2) is 5.47. The standard InChI is InChI=1S/C14H18N4O2S/c1-9-16-17-14(20-9)10-6-12-11(2-4-19-12)18(7-10)8-13-15-3-5-21-13/h3,5,10-12H,2,4,6-8H2,1H3/t10-,11+,12+/m0/s1. The molecular weight excluding hydrogens is 288 g/mol. The van der Waals surface area contributed by atoms with E-state index in [9.17, 15) is 0 Å². The molecule has 2 aromatic heterocycles. The van der Waals surface area contributed by atoms with Gasteiger partial charge in [-0.2, -0.15) is 0 Å². The van der Waals surface area contributed by atoms with Gasteiger partial charge in [0.2, 0.25) is 11.8 Å². The zero-order chi connectivity index (χ0) is 14.2. The number of aromatic nitrogens is 3. The molecule has 0 N–H and O–H groups in total. The Balaban J connectivity index is 1.55. The van der Waals surface area contributed by atoms with Gasteiger partial charge in [-0.15, -0.1) is 21.5 Å². The summed E-state index contributed by atoms with van der Waals surface area (Å²) < 4.78 is 11.6. The zero-order valence-electron chi connectivity index (χ0n) is 11.9. The number of likely N-dealkylation sites (tertiary alicyclic amines) is 1. The van der Waals surface area contributed by atoms with Gasteiger partial charge in [-0.3, -0.25) is 4.90 Å². The van der Waals surface area contributed by atoms with Gasteiger partial charge < -0.3 is 9.15 Å². The van der Waals surface area contributed by atoms with Gasteiger partial charge in [-0.05, 0) is 12.8 Å². The van der Waals surface area contributed by atoms with Crippen LogP contribution in [0.5, 0.6) is 0 Å². The summed E-state index contributed by atoms with van der Waals surface area (Å²) in [6, 6.07) is 0.495. The van der Waals surface area contributed by atoms with E-state index in [1.165, 1.54) is 0 Å². The minimum Gasteiger partial charge on any atom is -0.425 e. The topological polar surface area (TPSA) is 64.3 Å². The molecule has 4 heterocycles. The average molecular weight is 306 g/mol. The molecule has 6 nitrogen and oxygen atoms in total. The number of piperidine rings is 1. The molecule has 2 fully saturated rings. The fourth-order valence-corrected chi connectivity index (χ4v) is 4.04. The van der Waals surface area contributed by atoms with Crippen LogP contribution in [-0.2, 0) is 11.3 Å². The Morgan fingerprint density at radius 3 is 3.14 bits per heavy atom. The fourth-order valence-electron chi connectivity index (χ4n) is 3.40. The van der Waals surface area contributed by atoms with Crippen LogP contribution in [0, 0.1) is 6.92 Å². The van der Waals surface area contributed by atoms with Crippen molar-refractivity contribution in [1.82, 2.24) is 20.1 Å². The molecule has 0 bridgehead atoms. The monoisotopic (exact) mass is 306 g/mol. The third kappa shape index (κ3) is 2.61. The summed E-state index contributed by atoms with van der Waals surface area (Å²) >= 11 is 1.71. The first-order valence-electron chi connectivity index (χ1n) is 7.33. The summed E-state index contributed by atoms with van der Waals surface area (Å²) in [6.07, 6.45) is 4.22. The maximum atomic E-state index is 5.92. The quantitative estimate of drug-likeness (QED) is 0.864. The highest BCUT2D eigenvalue weighted by Gasteiger charge is 2.42. The normalized spacial score (nSPS) is 29.7. The second-order valence-corrected chi connectivity index (χ2v) is 6.69. The molecule has 2 aromatic rings. The van der Waals surface area contributed by atoms with Crippen molar-refractivity contribution in [2.24, 2.45) is 0 Å². The van der Waals surface area contributed by atoms with Crippen molar-refractivity contribution in [3.63, 3.8) is 0 Å². The molecule has 4 rings (SSSR count). The first-order chi connectivity index (χ1) is 10.3. The van der Waals surface area contributed by atoms with Crippen LogP contribution in [0.1, 0.15) is 35.5 Å². The van der Waals surface area contributed by atoms with Crippen LogP contribution < -0.4 is 0 Å². The average Bonchev–Trinajstić information content (AvgIpc) is 3.18. The summed E-state index contributed by atoms with van der Waals surface area (Å²) in [5.74, 6) is 1.63. The van der Waals surface area contributed by atoms with E-state index in [4.69, 9.17) is 9.15 Å². The van der Waals surface area contributed by atoms with E-state index in [2.05, 4.69) is 20.1 Å². The predicted molar refractivity (Wildman–Crippen MR) is 77.1 cm³/mol. The molecule has 0 amide bonds. The van der Waals surface area contributed by atoms with E-state index in [1.54, 1.807) is 11.3 Å². The van der Waals surface area contributed by atoms with Gasteiger partial charge in [0.1, 0.15) is 5.01 Å². The lowest BCUT2D eigenvalue weighted by Gasteiger charge is -2.39. The summed E-state index contributed by atoms with van der Waals surface area (Å²) in [5, 5.41) is 11.3. The van der Waals surface area contributed by atoms with Crippen molar-refractivity contribution in [3.05, 3.63) is 28.4 Å².